The third-order valence-corrected chi connectivity index (χ3v) is 5.92. The summed E-state index contributed by atoms with van der Waals surface area (Å²) in [5, 5.41) is 11.7. The van der Waals surface area contributed by atoms with Gasteiger partial charge in [-0.2, -0.15) is 10.2 Å². The van der Waals surface area contributed by atoms with Crippen LogP contribution < -0.4 is 5.32 Å². The molecular formula is C25H28F2N6O. The SMILES string of the molecule is Cc1nn(CC(=O)NC(C)c2ccc(C(C)C)cc2)c2nc(-c3cnn(C)c3)cc(C(F)F)c12. The van der Waals surface area contributed by atoms with Gasteiger partial charge in [0.05, 0.1) is 29.0 Å². The lowest BCUT2D eigenvalue weighted by Crippen LogP contribution is -2.30. The van der Waals surface area contributed by atoms with E-state index in [9.17, 15) is 13.6 Å². The lowest BCUT2D eigenvalue weighted by molar-refractivity contribution is -0.122. The maximum Gasteiger partial charge on any atom is 0.264 e. The van der Waals surface area contributed by atoms with Crippen molar-refractivity contribution in [3.63, 3.8) is 0 Å². The topological polar surface area (TPSA) is 77.6 Å². The Kier molecular flexibility index (Phi) is 6.45. The first kappa shape index (κ1) is 23.5. The highest BCUT2D eigenvalue weighted by molar-refractivity contribution is 5.87. The van der Waals surface area contributed by atoms with E-state index in [2.05, 4.69) is 46.5 Å². The smallest absolute Gasteiger partial charge is 0.264 e. The van der Waals surface area contributed by atoms with Crippen LogP contribution in [0.5, 0.6) is 0 Å². The number of hydrogen-bond donors (Lipinski definition) is 1. The molecule has 4 aromatic rings. The summed E-state index contributed by atoms with van der Waals surface area (Å²) < 4.78 is 30.8. The van der Waals surface area contributed by atoms with Gasteiger partial charge in [-0.05, 0) is 37.0 Å². The molecular weight excluding hydrogens is 438 g/mol. The first-order valence-corrected chi connectivity index (χ1v) is 11.2. The monoisotopic (exact) mass is 466 g/mol. The first-order valence-electron chi connectivity index (χ1n) is 11.2. The fourth-order valence-electron chi connectivity index (χ4n) is 4.05. The Bertz CT molecular complexity index is 1320. The van der Waals surface area contributed by atoms with E-state index in [-0.39, 0.29) is 35.1 Å². The molecule has 1 N–H and O–H groups in total. The molecule has 3 aromatic heterocycles. The summed E-state index contributed by atoms with van der Waals surface area (Å²) in [6.45, 7) is 7.67. The number of rotatable bonds is 7. The number of amides is 1. The van der Waals surface area contributed by atoms with Crippen LogP contribution >= 0.6 is 0 Å². The van der Waals surface area contributed by atoms with Gasteiger partial charge in [-0.15, -0.1) is 0 Å². The molecule has 0 aliphatic heterocycles. The maximum absolute atomic E-state index is 13.9. The van der Waals surface area contributed by atoms with Gasteiger partial charge in [-0.25, -0.2) is 18.4 Å². The minimum atomic E-state index is -2.71. The van der Waals surface area contributed by atoms with E-state index in [1.807, 2.05) is 19.1 Å². The zero-order valence-electron chi connectivity index (χ0n) is 19.9. The second kappa shape index (κ2) is 9.32. The van der Waals surface area contributed by atoms with Gasteiger partial charge < -0.3 is 5.32 Å². The molecule has 1 amide bonds. The fourth-order valence-corrected chi connectivity index (χ4v) is 4.05. The molecule has 1 unspecified atom stereocenters. The first-order chi connectivity index (χ1) is 16.1. The summed E-state index contributed by atoms with van der Waals surface area (Å²) in [7, 11) is 1.74. The average molecular weight is 467 g/mol. The normalized spacial score (nSPS) is 12.6. The van der Waals surface area contributed by atoms with E-state index in [1.165, 1.54) is 16.3 Å². The van der Waals surface area contributed by atoms with Crippen molar-refractivity contribution in [2.75, 3.05) is 0 Å². The number of carbonyl (C=O) groups is 1. The van der Waals surface area contributed by atoms with Gasteiger partial charge in [0, 0.05) is 24.4 Å². The molecule has 7 nitrogen and oxygen atoms in total. The molecule has 0 radical (unpaired) electrons. The van der Waals surface area contributed by atoms with Crippen molar-refractivity contribution in [1.29, 1.82) is 0 Å². The van der Waals surface area contributed by atoms with Crippen LogP contribution in [-0.4, -0.2) is 30.5 Å². The van der Waals surface area contributed by atoms with Crippen molar-refractivity contribution >= 4 is 16.9 Å². The molecule has 9 heteroatoms. The molecule has 1 aromatic carbocycles. The number of benzene rings is 1. The molecule has 0 bridgehead atoms. The van der Waals surface area contributed by atoms with Gasteiger partial charge in [-0.1, -0.05) is 38.1 Å². The lowest BCUT2D eigenvalue weighted by Gasteiger charge is -2.16. The number of halogens is 2. The molecule has 0 spiro atoms. The number of aromatic nitrogens is 5. The van der Waals surface area contributed by atoms with Gasteiger partial charge in [0.25, 0.3) is 6.43 Å². The number of carbonyl (C=O) groups excluding carboxylic acids is 1. The van der Waals surface area contributed by atoms with Gasteiger partial charge in [-0.3, -0.25) is 9.48 Å². The van der Waals surface area contributed by atoms with Crippen LogP contribution in [0.15, 0.2) is 42.7 Å². The number of pyridine rings is 1. The van der Waals surface area contributed by atoms with Crippen molar-refractivity contribution in [2.45, 2.75) is 52.6 Å². The number of fused-ring (bicyclic) bond motifs is 1. The Labute approximate surface area is 196 Å². The van der Waals surface area contributed by atoms with E-state index in [4.69, 9.17) is 0 Å². The van der Waals surface area contributed by atoms with E-state index >= 15 is 0 Å². The molecule has 178 valence electrons. The van der Waals surface area contributed by atoms with Crippen LogP contribution in [0.2, 0.25) is 0 Å². The molecule has 3 heterocycles. The van der Waals surface area contributed by atoms with Crippen LogP contribution in [0.4, 0.5) is 8.78 Å². The van der Waals surface area contributed by atoms with Crippen molar-refractivity contribution in [3.8, 4) is 11.3 Å². The van der Waals surface area contributed by atoms with E-state index in [1.54, 1.807) is 31.0 Å². The highest BCUT2D eigenvalue weighted by Gasteiger charge is 2.22. The van der Waals surface area contributed by atoms with E-state index < -0.39 is 6.43 Å². The van der Waals surface area contributed by atoms with E-state index in [0.717, 1.165) is 5.56 Å². The molecule has 0 saturated heterocycles. The number of nitrogens with one attached hydrogen (secondary N) is 1. The molecule has 4 rings (SSSR count). The van der Waals surface area contributed by atoms with Crippen LogP contribution in [0, 0.1) is 6.92 Å². The minimum Gasteiger partial charge on any atom is -0.348 e. The number of aryl methyl sites for hydroxylation is 2. The summed E-state index contributed by atoms with van der Waals surface area (Å²) in [6.07, 6.45) is 0.561. The summed E-state index contributed by atoms with van der Waals surface area (Å²) in [5.74, 6) is 0.148. The Balaban J connectivity index is 1.62. The molecule has 0 saturated carbocycles. The van der Waals surface area contributed by atoms with Crippen LogP contribution in [0.25, 0.3) is 22.3 Å². The molecule has 1 atom stereocenters. The summed E-state index contributed by atoms with van der Waals surface area (Å²) in [4.78, 5) is 17.4. The molecule has 34 heavy (non-hydrogen) atoms. The van der Waals surface area contributed by atoms with Gasteiger partial charge in [0.1, 0.15) is 6.54 Å². The quantitative estimate of drug-likeness (QED) is 0.412. The fraction of sp³-hybridized carbons (Fsp3) is 0.360. The molecule has 0 fully saturated rings. The molecule has 0 aliphatic rings. The van der Waals surface area contributed by atoms with Crippen molar-refractivity contribution in [1.82, 2.24) is 29.9 Å². The second-order valence-electron chi connectivity index (χ2n) is 8.85. The number of alkyl halides is 2. The van der Waals surface area contributed by atoms with Gasteiger partial charge in [0.2, 0.25) is 5.91 Å². The standard InChI is InChI=1S/C25H28F2N6O/c1-14(2)17-6-8-18(9-7-17)15(3)29-22(34)13-33-25-23(16(4)31-33)20(24(26)27)10-21(30-25)19-11-28-32(5)12-19/h6-12,14-15,24H,13H2,1-5H3,(H,29,34). The Morgan fingerprint density at radius 2 is 1.79 bits per heavy atom. The van der Waals surface area contributed by atoms with Crippen molar-refractivity contribution in [3.05, 3.63) is 65.1 Å². The highest BCUT2D eigenvalue weighted by Crippen LogP contribution is 2.33. The minimum absolute atomic E-state index is 0.134. The number of nitrogens with zero attached hydrogens (tertiary/aromatic N) is 5. The highest BCUT2D eigenvalue weighted by atomic mass is 19.3. The largest absolute Gasteiger partial charge is 0.348 e. The summed E-state index contributed by atoms with van der Waals surface area (Å²) in [5.41, 5.74) is 3.67. The van der Waals surface area contributed by atoms with E-state index in [0.29, 0.717) is 22.9 Å². The predicted molar refractivity (Wildman–Crippen MR) is 127 cm³/mol. The van der Waals surface area contributed by atoms with Crippen molar-refractivity contribution in [2.24, 2.45) is 7.05 Å². The summed E-state index contributed by atoms with van der Waals surface area (Å²) in [6, 6.07) is 9.28. The molecule has 0 aliphatic carbocycles. The predicted octanol–water partition coefficient (Wildman–Crippen LogP) is 5.08. The Morgan fingerprint density at radius 3 is 2.38 bits per heavy atom. The van der Waals surface area contributed by atoms with Gasteiger partial charge >= 0.3 is 0 Å². The Morgan fingerprint density at radius 1 is 1.12 bits per heavy atom. The average Bonchev–Trinajstić information content (AvgIpc) is 3.36. The van der Waals surface area contributed by atoms with Crippen LogP contribution in [-0.2, 0) is 18.4 Å². The zero-order valence-corrected chi connectivity index (χ0v) is 19.9. The zero-order chi connectivity index (χ0) is 24.6. The van der Waals surface area contributed by atoms with Crippen molar-refractivity contribution < 1.29 is 13.6 Å². The number of hydrogen-bond acceptors (Lipinski definition) is 4. The van der Waals surface area contributed by atoms with Crippen LogP contribution in [0.1, 0.15) is 61.5 Å². The third kappa shape index (κ3) is 4.69. The second-order valence-corrected chi connectivity index (χ2v) is 8.85. The lowest BCUT2D eigenvalue weighted by atomic mass is 9.99. The summed E-state index contributed by atoms with van der Waals surface area (Å²) >= 11 is 0. The third-order valence-electron chi connectivity index (χ3n) is 5.92. The van der Waals surface area contributed by atoms with Crippen LogP contribution in [0.3, 0.4) is 0 Å². The van der Waals surface area contributed by atoms with Gasteiger partial charge in [0.15, 0.2) is 5.65 Å². The maximum atomic E-state index is 13.9. The Hall–Kier alpha value is -3.62.